The minimum Gasteiger partial charge on any atom is -0.332 e. The number of thiazole rings is 1. The Morgan fingerprint density at radius 3 is 3.06 bits per heavy atom. The molecule has 0 saturated carbocycles. The first kappa shape index (κ1) is 10.5. The van der Waals surface area contributed by atoms with Crippen molar-refractivity contribution in [3.8, 4) is 0 Å². The maximum absolute atomic E-state index is 12.2. The van der Waals surface area contributed by atoms with Crippen LogP contribution in [-0.2, 0) is 13.0 Å². The molecule has 0 atom stereocenters. The molecule has 86 valence electrons. The van der Waals surface area contributed by atoms with Crippen LogP contribution < -0.4 is 0 Å². The van der Waals surface area contributed by atoms with Gasteiger partial charge in [-0.25, -0.2) is 4.98 Å². The van der Waals surface area contributed by atoms with E-state index in [-0.39, 0.29) is 5.91 Å². The highest BCUT2D eigenvalue weighted by Gasteiger charge is 2.23. The highest BCUT2D eigenvalue weighted by molar-refractivity contribution is 7.07. The third-order valence-electron chi connectivity index (χ3n) is 3.02. The third-order valence-corrected chi connectivity index (χ3v) is 3.66. The Morgan fingerprint density at radius 1 is 1.35 bits per heavy atom. The number of carbonyl (C=O) groups excluding carboxylic acids is 1. The summed E-state index contributed by atoms with van der Waals surface area (Å²) >= 11 is 1.57. The van der Waals surface area contributed by atoms with Gasteiger partial charge in [0.05, 0.1) is 17.7 Å². The van der Waals surface area contributed by atoms with Crippen LogP contribution in [0.5, 0.6) is 0 Å². The Kier molecular flexibility index (Phi) is 2.65. The van der Waals surface area contributed by atoms with Crippen molar-refractivity contribution in [3.05, 3.63) is 52.0 Å². The molecule has 2 heterocycles. The van der Waals surface area contributed by atoms with Gasteiger partial charge in [0.25, 0.3) is 5.91 Å². The van der Waals surface area contributed by atoms with Crippen molar-refractivity contribution in [1.29, 1.82) is 0 Å². The monoisotopic (exact) mass is 244 g/mol. The van der Waals surface area contributed by atoms with Crippen LogP contribution in [0.25, 0.3) is 0 Å². The van der Waals surface area contributed by atoms with Crippen LogP contribution in [0.1, 0.15) is 21.6 Å². The molecule has 3 rings (SSSR count). The SMILES string of the molecule is O=C1c2ccccc2CCN1Cc1cscn1. The number of rotatable bonds is 2. The number of fused-ring (bicyclic) bond motifs is 1. The van der Waals surface area contributed by atoms with Crippen molar-refractivity contribution in [2.45, 2.75) is 13.0 Å². The molecule has 0 bridgehead atoms. The lowest BCUT2D eigenvalue weighted by molar-refractivity contribution is 0.0725. The number of hydrogen-bond donors (Lipinski definition) is 0. The van der Waals surface area contributed by atoms with Gasteiger partial charge in [0.15, 0.2) is 0 Å². The van der Waals surface area contributed by atoms with E-state index in [1.807, 2.05) is 34.5 Å². The lowest BCUT2D eigenvalue weighted by Crippen LogP contribution is -2.37. The smallest absolute Gasteiger partial charge is 0.254 e. The number of aromatic nitrogens is 1. The Morgan fingerprint density at radius 2 is 2.24 bits per heavy atom. The summed E-state index contributed by atoms with van der Waals surface area (Å²) in [5.41, 5.74) is 4.78. The van der Waals surface area contributed by atoms with Crippen molar-refractivity contribution in [1.82, 2.24) is 9.88 Å². The molecule has 4 heteroatoms. The molecule has 1 aliphatic heterocycles. The third kappa shape index (κ3) is 1.96. The van der Waals surface area contributed by atoms with E-state index in [1.54, 1.807) is 16.8 Å². The fraction of sp³-hybridized carbons (Fsp3) is 0.231. The van der Waals surface area contributed by atoms with Crippen LogP contribution in [0.4, 0.5) is 0 Å². The fourth-order valence-corrected chi connectivity index (χ4v) is 2.69. The van der Waals surface area contributed by atoms with Gasteiger partial charge in [-0.15, -0.1) is 11.3 Å². The van der Waals surface area contributed by atoms with Crippen LogP contribution in [0.2, 0.25) is 0 Å². The molecule has 0 saturated heterocycles. The first-order valence-corrected chi connectivity index (χ1v) is 6.53. The van der Waals surface area contributed by atoms with Crippen molar-refractivity contribution in [2.24, 2.45) is 0 Å². The first-order chi connectivity index (χ1) is 8.34. The second-order valence-corrected chi connectivity index (χ2v) is 4.83. The molecule has 3 nitrogen and oxygen atoms in total. The number of hydrogen-bond acceptors (Lipinski definition) is 3. The first-order valence-electron chi connectivity index (χ1n) is 5.59. The summed E-state index contributed by atoms with van der Waals surface area (Å²) in [6.45, 7) is 1.41. The van der Waals surface area contributed by atoms with Crippen LogP contribution in [0.15, 0.2) is 35.2 Å². The van der Waals surface area contributed by atoms with Gasteiger partial charge in [0, 0.05) is 17.5 Å². The van der Waals surface area contributed by atoms with Gasteiger partial charge >= 0.3 is 0 Å². The molecule has 2 aromatic rings. The van der Waals surface area contributed by atoms with E-state index >= 15 is 0 Å². The summed E-state index contributed by atoms with van der Waals surface area (Å²) in [5, 5.41) is 1.99. The molecule has 0 unspecified atom stereocenters. The predicted octanol–water partition coefficient (Wildman–Crippen LogP) is 2.34. The summed E-state index contributed by atoms with van der Waals surface area (Å²) in [6, 6.07) is 7.85. The summed E-state index contributed by atoms with van der Waals surface area (Å²) < 4.78 is 0. The molecule has 1 amide bonds. The lowest BCUT2D eigenvalue weighted by Gasteiger charge is -2.27. The molecule has 1 aromatic heterocycles. The van der Waals surface area contributed by atoms with Crippen molar-refractivity contribution < 1.29 is 4.79 Å². The molecule has 1 aromatic carbocycles. The van der Waals surface area contributed by atoms with Crippen molar-refractivity contribution in [3.63, 3.8) is 0 Å². The highest BCUT2D eigenvalue weighted by Crippen LogP contribution is 2.20. The Bertz CT molecular complexity index is 536. The zero-order valence-electron chi connectivity index (χ0n) is 9.30. The van der Waals surface area contributed by atoms with Gasteiger partial charge in [-0.3, -0.25) is 4.79 Å². The molecular formula is C13H12N2OS. The van der Waals surface area contributed by atoms with Gasteiger partial charge < -0.3 is 4.90 Å². The fourth-order valence-electron chi connectivity index (χ4n) is 2.14. The normalized spacial score (nSPS) is 14.8. The van der Waals surface area contributed by atoms with Crippen LogP contribution in [-0.4, -0.2) is 22.3 Å². The quantitative estimate of drug-likeness (QED) is 0.812. The van der Waals surface area contributed by atoms with Gasteiger partial charge in [0.1, 0.15) is 0 Å². The standard InChI is InChI=1S/C13H12N2OS/c16-13-12-4-2-1-3-10(12)5-6-15(13)7-11-8-17-9-14-11/h1-4,8-9H,5-7H2. The minimum atomic E-state index is 0.125. The van der Waals surface area contributed by atoms with Gasteiger partial charge in [0.2, 0.25) is 0 Å². The Hall–Kier alpha value is -1.68. The average Bonchev–Trinajstić information content (AvgIpc) is 2.86. The summed E-state index contributed by atoms with van der Waals surface area (Å²) in [5.74, 6) is 0.125. The van der Waals surface area contributed by atoms with E-state index < -0.39 is 0 Å². The lowest BCUT2D eigenvalue weighted by atomic mass is 9.99. The van der Waals surface area contributed by atoms with Gasteiger partial charge in [-0.05, 0) is 18.1 Å². The average molecular weight is 244 g/mol. The molecule has 0 radical (unpaired) electrons. The summed E-state index contributed by atoms with van der Waals surface area (Å²) in [6.07, 6.45) is 0.937. The van der Waals surface area contributed by atoms with Crippen molar-refractivity contribution in [2.75, 3.05) is 6.54 Å². The number of benzene rings is 1. The second-order valence-electron chi connectivity index (χ2n) is 4.11. The van der Waals surface area contributed by atoms with E-state index in [4.69, 9.17) is 0 Å². The minimum absolute atomic E-state index is 0.125. The van der Waals surface area contributed by atoms with Gasteiger partial charge in [-0.2, -0.15) is 0 Å². The molecule has 17 heavy (non-hydrogen) atoms. The predicted molar refractivity (Wildman–Crippen MR) is 67.0 cm³/mol. The molecule has 0 spiro atoms. The highest BCUT2D eigenvalue weighted by atomic mass is 32.1. The topological polar surface area (TPSA) is 33.2 Å². The maximum atomic E-state index is 12.2. The Balaban J connectivity index is 1.84. The number of carbonyl (C=O) groups is 1. The van der Waals surface area contributed by atoms with Crippen LogP contribution in [0.3, 0.4) is 0 Å². The second kappa shape index (κ2) is 4.30. The zero-order valence-corrected chi connectivity index (χ0v) is 10.1. The Labute approximate surface area is 104 Å². The molecule has 0 aliphatic carbocycles. The molecule has 0 fully saturated rings. The van der Waals surface area contributed by atoms with Crippen molar-refractivity contribution >= 4 is 17.2 Å². The molecule has 0 N–H and O–H groups in total. The summed E-state index contributed by atoms with van der Waals surface area (Å²) in [4.78, 5) is 18.3. The molecule has 1 aliphatic rings. The van der Waals surface area contributed by atoms with E-state index in [9.17, 15) is 4.79 Å². The number of amides is 1. The van der Waals surface area contributed by atoms with Crippen LogP contribution in [0, 0.1) is 0 Å². The van der Waals surface area contributed by atoms with E-state index in [2.05, 4.69) is 4.98 Å². The van der Waals surface area contributed by atoms with Crippen LogP contribution >= 0.6 is 11.3 Å². The molecular weight excluding hydrogens is 232 g/mol. The van der Waals surface area contributed by atoms with Gasteiger partial charge in [-0.1, -0.05) is 18.2 Å². The van der Waals surface area contributed by atoms with E-state index in [0.717, 1.165) is 29.8 Å². The summed E-state index contributed by atoms with van der Waals surface area (Å²) in [7, 11) is 0. The van der Waals surface area contributed by atoms with E-state index in [1.165, 1.54) is 0 Å². The largest absolute Gasteiger partial charge is 0.332 e. The van der Waals surface area contributed by atoms with E-state index in [0.29, 0.717) is 6.54 Å². The maximum Gasteiger partial charge on any atom is 0.254 e. The zero-order chi connectivity index (χ0) is 11.7. The number of nitrogens with zero attached hydrogens (tertiary/aromatic N) is 2.